The Bertz CT molecular complexity index is 1690. The van der Waals surface area contributed by atoms with Gasteiger partial charge in [0.1, 0.15) is 24.1 Å². The number of carbonyl (C=O) groups excluding carboxylic acids is 2. The molecule has 2 amide bonds. The molecule has 1 aliphatic heterocycles. The number of nitrogens with one attached hydrogen (secondary N) is 1. The average molecular weight is 980 g/mol. The third-order valence-corrected chi connectivity index (χ3v) is 14.8. The predicted octanol–water partition coefficient (Wildman–Crippen LogP) is 14.1. The average Bonchev–Trinajstić information content (AvgIpc) is 3.36. The molecule has 1 aromatic carbocycles. The van der Waals surface area contributed by atoms with Crippen molar-refractivity contribution in [3.8, 4) is 11.5 Å². The highest BCUT2D eigenvalue weighted by Crippen LogP contribution is 2.62. The maximum absolute atomic E-state index is 14.6. The number of nitrogens with zero attached hydrogens (tertiary/aromatic N) is 2. The Hall–Kier alpha value is -3.61. The van der Waals surface area contributed by atoms with Gasteiger partial charge >= 0.3 is 12.2 Å². The smallest absolute Gasteiger partial charge is 0.412 e. The lowest BCUT2D eigenvalue weighted by molar-refractivity contribution is -0.255. The lowest BCUT2D eigenvalue weighted by Gasteiger charge is -2.59. The summed E-state index contributed by atoms with van der Waals surface area (Å²) in [5, 5.41) is 27.7. The van der Waals surface area contributed by atoms with Crippen molar-refractivity contribution in [2.45, 2.75) is 225 Å². The topological polar surface area (TPSA) is 148 Å². The Morgan fingerprint density at radius 2 is 1.41 bits per heavy atom. The highest BCUT2D eigenvalue weighted by atomic mass is 16.7. The van der Waals surface area contributed by atoms with E-state index in [1.807, 2.05) is 24.0 Å². The van der Waals surface area contributed by atoms with Crippen LogP contribution in [0.15, 0.2) is 47.7 Å². The first-order valence-electron chi connectivity index (χ1n) is 28.4. The van der Waals surface area contributed by atoms with Crippen LogP contribution >= 0.6 is 0 Å². The second-order valence-corrected chi connectivity index (χ2v) is 20.2. The predicted molar refractivity (Wildman–Crippen MR) is 283 cm³/mol. The number of aliphatic hydroxyl groups excluding tert-OH is 2. The number of amides is 2. The van der Waals surface area contributed by atoms with Crippen LogP contribution in [0.3, 0.4) is 0 Å². The molecule has 0 radical (unpaired) electrons. The quantitative estimate of drug-likeness (QED) is 0.0333. The second-order valence-electron chi connectivity index (χ2n) is 20.2. The summed E-state index contributed by atoms with van der Waals surface area (Å²) in [4.78, 5) is 35.6. The van der Waals surface area contributed by atoms with Gasteiger partial charge < -0.3 is 39.3 Å². The Balaban J connectivity index is 1.67. The number of hydrogen-bond acceptors (Lipinski definition) is 10. The molecule has 1 aromatic rings. The van der Waals surface area contributed by atoms with Crippen LogP contribution in [0.4, 0.5) is 9.59 Å². The Labute approximate surface area is 424 Å². The van der Waals surface area contributed by atoms with E-state index >= 15 is 0 Å². The van der Waals surface area contributed by atoms with Crippen LogP contribution in [0.1, 0.15) is 219 Å². The molecule has 0 saturated heterocycles. The van der Waals surface area contributed by atoms with Crippen LogP contribution in [0.25, 0.3) is 0 Å². The van der Waals surface area contributed by atoms with Gasteiger partial charge in [0.25, 0.3) is 0 Å². The van der Waals surface area contributed by atoms with Crippen LogP contribution in [0.5, 0.6) is 11.5 Å². The fourth-order valence-corrected chi connectivity index (χ4v) is 11.2. The summed E-state index contributed by atoms with van der Waals surface area (Å²) in [6.07, 6.45) is 32.9. The Morgan fingerprint density at radius 3 is 2.01 bits per heavy atom. The fourth-order valence-electron chi connectivity index (χ4n) is 11.2. The molecular formula is C58H97N3O9. The molecule has 6 atom stereocenters. The van der Waals surface area contributed by atoms with Gasteiger partial charge in [0, 0.05) is 44.2 Å². The van der Waals surface area contributed by atoms with Gasteiger partial charge in [-0.3, -0.25) is 4.90 Å². The van der Waals surface area contributed by atoms with Gasteiger partial charge in [-0.15, -0.1) is 6.58 Å². The lowest BCUT2D eigenvalue weighted by atomic mass is 9.55. The maximum Gasteiger partial charge on any atom is 0.412 e. The van der Waals surface area contributed by atoms with Crippen molar-refractivity contribution in [2.24, 2.45) is 22.9 Å². The minimum Gasteiger partial charge on any atom is -0.459 e. The van der Waals surface area contributed by atoms with Crippen LogP contribution in [0, 0.1) is 17.8 Å². The minimum absolute atomic E-state index is 0.0452. The van der Waals surface area contributed by atoms with Gasteiger partial charge in [0.05, 0.1) is 24.8 Å². The van der Waals surface area contributed by atoms with Crippen LogP contribution in [-0.4, -0.2) is 91.0 Å². The number of hydrogen-bond donors (Lipinski definition) is 3. The highest BCUT2D eigenvalue weighted by Gasteiger charge is 2.65. The SMILES string of the molecule is C=CCOC12Oc3ccc(OC(=O)NCCCCCCCCCCCC)cc3C3C(CCCCO)C(CCCCO)C=C(C(=NOCC)CC1N(CCC)C(=O)OCCCCCCCCCCCC)C32. The lowest BCUT2D eigenvalue weighted by Crippen LogP contribution is -2.70. The highest BCUT2D eigenvalue weighted by molar-refractivity contribution is 6.03. The second kappa shape index (κ2) is 34.7. The largest absolute Gasteiger partial charge is 0.459 e. The third kappa shape index (κ3) is 18.5. The van der Waals surface area contributed by atoms with E-state index in [0.29, 0.717) is 63.5 Å². The van der Waals surface area contributed by atoms with E-state index in [2.05, 4.69) is 38.7 Å². The van der Waals surface area contributed by atoms with Crippen molar-refractivity contribution < 1.29 is 43.6 Å². The molecule has 0 spiro atoms. The number of ether oxygens (including phenoxy) is 4. The summed E-state index contributed by atoms with van der Waals surface area (Å²) < 4.78 is 26.6. The van der Waals surface area contributed by atoms with Crippen molar-refractivity contribution in [1.29, 1.82) is 0 Å². The third-order valence-electron chi connectivity index (χ3n) is 14.8. The van der Waals surface area contributed by atoms with Crippen molar-refractivity contribution in [3.63, 3.8) is 0 Å². The molecule has 1 heterocycles. The first-order chi connectivity index (χ1) is 34.3. The summed E-state index contributed by atoms with van der Waals surface area (Å²) in [7, 11) is 0. The standard InChI is InChI=1S/C58H97N3O9/c1-6-11-13-15-17-19-21-23-25-29-37-59-56(64)69-47-35-36-52-50(44-47)54-48(34-28-31-40-63)46(33-27-30-39-62)43-49-51(60-68-10-5)45-53(58(70-52,55(49)54)67-41-9-4)61(38-8-3)57(65)66-42-32-26-24-22-20-18-16-14-12-7-2/h9,35-36,43-44,46,48,53-55,62-63H,4,6-8,10-34,37-42,45H2,1-3,5H3,(H,59,64). The zero-order valence-electron chi connectivity index (χ0n) is 44.4. The number of aliphatic hydroxyl groups is 2. The molecule has 12 heteroatoms. The van der Waals surface area contributed by atoms with Gasteiger partial charge in [-0.05, 0) is 87.5 Å². The maximum atomic E-state index is 14.6. The summed E-state index contributed by atoms with van der Waals surface area (Å²) in [6, 6.07) is 4.97. The van der Waals surface area contributed by atoms with E-state index in [1.165, 1.54) is 96.3 Å². The van der Waals surface area contributed by atoms with Crippen molar-refractivity contribution in [3.05, 3.63) is 48.1 Å². The number of benzene rings is 1. The first-order valence-corrected chi connectivity index (χ1v) is 28.4. The summed E-state index contributed by atoms with van der Waals surface area (Å²) in [6.45, 7) is 14.6. The van der Waals surface area contributed by atoms with Gasteiger partial charge in [-0.1, -0.05) is 166 Å². The molecule has 2 aliphatic carbocycles. The number of oxime groups is 1. The zero-order valence-corrected chi connectivity index (χ0v) is 44.4. The number of allylic oxidation sites excluding steroid dienone is 1. The monoisotopic (exact) mass is 980 g/mol. The molecule has 398 valence electrons. The summed E-state index contributed by atoms with van der Waals surface area (Å²) in [5.41, 5.74) is 2.61. The molecule has 3 N–H and O–H groups in total. The van der Waals surface area contributed by atoms with E-state index in [4.69, 9.17) is 28.9 Å². The minimum atomic E-state index is -1.38. The molecule has 4 rings (SSSR count). The van der Waals surface area contributed by atoms with Crippen molar-refractivity contribution >= 4 is 17.9 Å². The number of fused-ring (bicyclic) bond motifs is 2. The normalized spacial score (nSPS) is 21.8. The number of unbranched alkanes of at least 4 members (excludes halogenated alkanes) is 20. The summed E-state index contributed by atoms with van der Waals surface area (Å²) in [5.74, 6) is -0.914. The van der Waals surface area contributed by atoms with Gasteiger partial charge in [0.2, 0.25) is 5.79 Å². The summed E-state index contributed by atoms with van der Waals surface area (Å²) >= 11 is 0. The molecule has 3 aliphatic rings. The Morgan fingerprint density at radius 1 is 0.800 bits per heavy atom. The van der Waals surface area contributed by atoms with E-state index in [1.54, 1.807) is 12.1 Å². The molecule has 6 unspecified atom stereocenters. The van der Waals surface area contributed by atoms with Crippen LogP contribution in [0.2, 0.25) is 0 Å². The first kappa shape index (κ1) is 59.0. The van der Waals surface area contributed by atoms with E-state index in [-0.39, 0.29) is 37.6 Å². The molecule has 1 fully saturated rings. The molecule has 70 heavy (non-hydrogen) atoms. The van der Waals surface area contributed by atoms with Crippen molar-refractivity contribution in [1.82, 2.24) is 10.2 Å². The van der Waals surface area contributed by atoms with E-state index in [9.17, 15) is 19.8 Å². The number of carbonyl (C=O) groups is 2. The molecule has 1 saturated carbocycles. The van der Waals surface area contributed by atoms with Gasteiger partial charge in [0.15, 0.2) is 0 Å². The molecule has 0 aromatic heterocycles. The van der Waals surface area contributed by atoms with Gasteiger partial charge in [-0.25, -0.2) is 9.59 Å². The molecule has 12 nitrogen and oxygen atoms in total. The van der Waals surface area contributed by atoms with E-state index < -0.39 is 29.9 Å². The Kier molecular flexibility index (Phi) is 29.2. The van der Waals surface area contributed by atoms with Crippen molar-refractivity contribution in [2.75, 3.05) is 46.1 Å². The van der Waals surface area contributed by atoms with Gasteiger partial charge in [-0.2, -0.15) is 0 Å². The number of rotatable bonds is 39. The fraction of sp³-hybridized carbons (Fsp3) is 0.776. The van der Waals surface area contributed by atoms with E-state index in [0.717, 1.165) is 74.6 Å². The van der Waals surface area contributed by atoms with Crippen LogP contribution < -0.4 is 14.8 Å². The zero-order chi connectivity index (χ0) is 50.2. The van der Waals surface area contributed by atoms with Crippen LogP contribution in [-0.2, 0) is 14.3 Å². The molecular weight excluding hydrogens is 883 g/mol. The molecule has 0 bridgehead atoms.